The quantitative estimate of drug-likeness (QED) is 0.343. The number of aryl methyl sites for hydroxylation is 1. The van der Waals surface area contributed by atoms with Gasteiger partial charge in [-0.25, -0.2) is 0 Å². The Bertz CT molecular complexity index is 1480. The number of carbonyl (C=O) groups excluding carboxylic acids is 1. The first-order valence-electron chi connectivity index (χ1n) is 12.0. The van der Waals surface area contributed by atoms with Gasteiger partial charge in [-0.2, -0.15) is 0 Å². The summed E-state index contributed by atoms with van der Waals surface area (Å²) in [5.74, 6) is 1.18. The number of halogens is 1. The number of benzene rings is 3. The van der Waals surface area contributed by atoms with Gasteiger partial charge in [0.05, 0.1) is 17.8 Å². The third-order valence-corrected chi connectivity index (χ3v) is 6.59. The molecule has 0 bridgehead atoms. The second kappa shape index (κ2) is 10.3. The third-order valence-electron chi connectivity index (χ3n) is 6.34. The first-order chi connectivity index (χ1) is 17.9. The van der Waals surface area contributed by atoms with E-state index in [1.807, 2.05) is 73.0 Å². The van der Waals surface area contributed by atoms with Crippen molar-refractivity contribution in [1.29, 1.82) is 0 Å². The van der Waals surface area contributed by atoms with Gasteiger partial charge >= 0.3 is 7.12 Å². The molecule has 0 unspecified atom stereocenters. The Morgan fingerprint density at radius 1 is 1.00 bits per heavy atom. The van der Waals surface area contributed by atoms with Gasteiger partial charge in [0.1, 0.15) is 11.9 Å². The molecule has 1 aliphatic rings. The Morgan fingerprint density at radius 2 is 1.68 bits per heavy atom. The van der Waals surface area contributed by atoms with Crippen LogP contribution >= 0.6 is 11.6 Å². The zero-order valence-electron chi connectivity index (χ0n) is 20.4. The molecule has 0 saturated heterocycles. The summed E-state index contributed by atoms with van der Waals surface area (Å²) in [6.45, 7) is 4.29. The predicted molar refractivity (Wildman–Crippen MR) is 144 cm³/mol. The van der Waals surface area contributed by atoms with Crippen LogP contribution in [0, 0.1) is 6.92 Å². The van der Waals surface area contributed by atoms with Gasteiger partial charge in [-0.05, 0) is 54.7 Å². The van der Waals surface area contributed by atoms with Gasteiger partial charge in [-0.1, -0.05) is 54.1 Å². The molecule has 1 aromatic heterocycles. The maximum atomic E-state index is 12.6. The second-order valence-electron chi connectivity index (χ2n) is 8.83. The van der Waals surface area contributed by atoms with Crippen LogP contribution in [0.4, 0.5) is 0 Å². The van der Waals surface area contributed by atoms with Crippen molar-refractivity contribution in [2.45, 2.75) is 26.3 Å². The van der Waals surface area contributed by atoms with E-state index in [-0.39, 0.29) is 12.3 Å². The molecule has 0 fully saturated rings. The van der Waals surface area contributed by atoms with Crippen LogP contribution in [-0.2, 0) is 4.79 Å². The minimum absolute atomic E-state index is 0.114. The Morgan fingerprint density at radius 3 is 2.35 bits per heavy atom. The van der Waals surface area contributed by atoms with Gasteiger partial charge < -0.3 is 15.4 Å². The molecule has 0 saturated carbocycles. The maximum Gasteiger partial charge on any atom is 0.488 e. The van der Waals surface area contributed by atoms with E-state index in [0.717, 1.165) is 33.7 Å². The van der Waals surface area contributed by atoms with Crippen LogP contribution in [0.3, 0.4) is 0 Å². The molecular formula is C27H25BClN5O3. The maximum absolute atomic E-state index is 12.6. The fourth-order valence-electron chi connectivity index (χ4n) is 4.54. The van der Waals surface area contributed by atoms with E-state index in [1.165, 1.54) is 0 Å². The summed E-state index contributed by atoms with van der Waals surface area (Å²) in [6, 6.07) is 20.0. The number of hydrogen-bond donors (Lipinski definition) is 3. The highest BCUT2D eigenvalue weighted by molar-refractivity contribution is 6.58. The third kappa shape index (κ3) is 4.93. The van der Waals surface area contributed by atoms with E-state index in [9.17, 15) is 14.8 Å². The zero-order valence-corrected chi connectivity index (χ0v) is 21.1. The fourth-order valence-corrected chi connectivity index (χ4v) is 4.67. The molecule has 186 valence electrons. The van der Waals surface area contributed by atoms with Crippen molar-refractivity contribution in [3.05, 3.63) is 94.5 Å². The molecule has 0 aliphatic carbocycles. The van der Waals surface area contributed by atoms with Crippen LogP contribution in [0.15, 0.2) is 71.7 Å². The van der Waals surface area contributed by atoms with Crippen molar-refractivity contribution in [2.75, 3.05) is 6.54 Å². The van der Waals surface area contributed by atoms with Gasteiger partial charge in [0.2, 0.25) is 5.91 Å². The van der Waals surface area contributed by atoms with Gasteiger partial charge in [0.25, 0.3) is 0 Å². The van der Waals surface area contributed by atoms with Crippen LogP contribution in [0.5, 0.6) is 0 Å². The average Bonchev–Trinajstić information content (AvgIpc) is 3.21. The summed E-state index contributed by atoms with van der Waals surface area (Å²) in [6.07, 6.45) is 0.134. The number of nitrogens with zero attached hydrogens (tertiary/aromatic N) is 4. The first-order valence-corrected chi connectivity index (χ1v) is 12.4. The number of aromatic nitrogens is 3. The summed E-state index contributed by atoms with van der Waals surface area (Å²) in [4.78, 5) is 17.7. The summed E-state index contributed by atoms with van der Waals surface area (Å²) in [7, 11) is -1.53. The normalized spacial score (nSPS) is 14.3. The number of aliphatic imine (C=N–C) groups is 1. The van der Waals surface area contributed by atoms with Crippen LogP contribution in [0.2, 0.25) is 5.02 Å². The Labute approximate surface area is 219 Å². The molecule has 10 heteroatoms. The fraction of sp³-hybridized carbons (Fsp3) is 0.185. The van der Waals surface area contributed by atoms with Crippen molar-refractivity contribution in [1.82, 2.24) is 20.1 Å². The highest BCUT2D eigenvalue weighted by Crippen LogP contribution is 2.35. The molecule has 8 nitrogen and oxygen atoms in total. The molecule has 5 rings (SSSR count). The number of fused-ring (bicyclic) bond motifs is 3. The minimum Gasteiger partial charge on any atom is -0.423 e. The molecule has 0 radical (unpaired) electrons. The lowest BCUT2D eigenvalue weighted by atomic mass is 9.80. The molecule has 3 N–H and O–H groups in total. The topological polar surface area (TPSA) is 113 Å². The first kappa shape index (κ1) is 24.9. The van der Waals surface area contributed by atoms with Crippen molar-refractivity contribution in [2.24, 2.45) is 4.99 Å². The Hall–Kier alpha value is -3.79. The lowest BCUT2D eigenvalue weighted by Gasteiger charge is -2.15. The smallest absolute Gasteiger partial charge is 0.423 e. The summed E-state index contributed by atoms with van der Waals surface area (Å²) in [5, 5.41) is 31.1. The monoisotopic (exact) mass is 513 g/mol. The number of carbonyl (C=O) groups is 1. The molecule has 0 spiro atoms. The number of nitrogens with one attached hydrogen (secondary N) is 1. The summed E-state index contributed by atoms with van der Waals surface area (Å²) >= 11 is 6.18. The molecule has 4 aromatic rings. The van der Waals surface area contributed by atoms with E-state index >= 15 is 0 Å². The number of rotatable bonds is 6. The Kier molecular flexibility index (Phi) is 6.93. The van der Waals surface area contributed by atoms with Gasteiger partial charge in [-0.3, -0.25) is 14.4 Å². The van der Waals surface area contributed by atoms with E-state index in [4.69, 9.17) is 16.6 Å². The molecule has 1 amide bonds. The highest BCUT2D eigenvalue weighted by Gasteiger charge is 2.30. The zero-order chi connectivity index (χ0) is 26.1. The van der Waals surface area contributed by atoms with Crippen molar-refractivity contribution in [3.8, 4) is 16.8 Å². The van der Waals surface area contributed by atoms with Crippen LogP contribution in [-0.4, -0.2) is 50.1 Å². The summed E-state index contributed by atoms with van der Waals surface area (Å²) in [5.41, 5.74) is 5.54. The molecule has 3 aromatic carbocycles. The highest BCUT2D eigenvalue weighted by atomic mass is 35.5. The second-order valence-corrected chi connectivity index (χ2v) is 9.26. The SMILES string of the molecule is CCNC(=O)C[C@@H]1N=C(c2ccc(Cl)cc2)c2cc(-c3ccc(B(O)O)cc3)ccc2-n2c(C)nnc21. The van der Waals surface area contributed by atoms with Crippen LogP contribution in [0.25, 0.3) is 16.8 Å². The summed E-state index contributed by atoms with van der Waals surface area (Å²) < 4.78 is 1.96. The molecule has 37 heavy (non-hydrogen) atoms. The Balaban J connectivity index is 1.71. The van der Waals surface area contributed by atoms with Crippen molar-refractivity contribution < 1.29 is 14.8 Å². The molecule has 1 aliphatic heterocycles. The predicted octanol–water partition coefficient (Wildman–Crippen LogP) is 2.99. The lowest BCUT2D eigenvalue weighted by Crippen LogP contribution is -2.29. The lowest BCUT2D eigenvalue weighted by molar-refractivity contribution is -0.121. The van der Waals surface area contributed by atoms with Gasteiger partial charge in [-0.15, -0.1) is 10.2 Å². The van der Waals surface area contributed by atoms with Gasteiger partial charge in [0.15, 0.2) is 5.82 Å². The number of hydrogen-bond acceptors (Lipinski definition) is 6. The van der Waals surface area contributed by atoms with Crippen molar-refractivity contribution in [3.63, 3.8) is 0 Å². The number of amides is 1. The standard InChI is InChI=1S/C27H25BClN5O3/c1-3-30-25(35)15-23-27-33-32-16(2)34(27)24-13-8-19(17-4-9-20(10-5-17)28(36)37)14-22(24)26(31-23)18-6-11-21(29)12-7-18/h4-14,23,36-37H,3,15H2,1-2H3,(H,30,35)/t23-/m0/s1. The van der Waals surface area contributed by atoms with E-state index < -0.39 is 13.2 Å². The molecular weight excluding hydrogens is 489 g/mol. The van der Waals surface area contributed by atoms with Crippen LogP contribution < -0.4 is 10.8 Å². The average molecular weight is 514 g/mol. The molecule has 1 atom stereocenters. The van der Waals surface area contributed by atoms with E-state index in [0.29, 0.717) is 28.7 Å². The van der Waals surface area contributed by atoms with Gasteiger partial charge in [0, 0.05) is 22.7 Å². The van der Waals surface area contributed by atoms with E-state index in [1.54, 1.807) is 12.1 Å². The minimum atomic E-state index is -1.53. The van der Waals surface area contributed by atoms with Crippen molar-refractivity contribution >= 4 is 35.8 Å². The molecule has 2 heterocycles. The van der Waals surface area contributed by atoms with Crippen LogP contribution in [0.1, 0.15) is 42.2 Å². The van der Waals surface area contributed by atoms with E-state index in [2.05, 4.69) is 15.5 Å². The largest absolute Gasteiger partial charge is 0.488 e.